The van der Waals surface area contributed by atoms with Crippen molar-refractivity contribution in [2.75, 3.05) is 6.54 Å². The summed E-state index contributed by atoms with van der Waals surface area (Å²) in [6.07, 6.45) is 2.32. The van der Waals surface area contributed by atoms with Crippen LogP contribution in [0.1, 0.15) is 17.2 Å². The summed E-state index contributed by atoms with van der Waals surface area (Å²) < 4.78 is 0. The minimum absolute atomic E-state index is 0.353. The third-order valence-corrected chi connectivity index (χ3v) is 3.18. The highest BCUT2D eigenvalue weighted by Gasteiger charge is 2.16. The van der Waals surface area contributed by atoms with Crippen LogP contribution >= 0.6 is 0 Å². The van der Waals surface area contributed by atoms with Gasteiger partial charge in [0.05, 0.1) is 6.04 Å². The lowest BCUT2D eigenvalue weighted by Gasteiger charge is -2.07. The number of rotatable bonds is 2. The first-order valence-corrected chi connectivity index (χ1v) is 5.98. The minimum Gasteiger partial charge on any atom is -0.303 e. The molecular weight excluding hydrogens is 206 g/mol. The molecule has 0 spiro atoms. The Labute approximate surface area is 102 Å². The maximum Gasteiger partial charge on any atom is 0.0515 e. The predicted molar refractivity (Wildman–Crippen MR) is 71.6 cm³/mol. The number of hydrogen-bond donors (Lipinski definition) is 1. The van der Waals surface area contributed by atoms with Crippen molar-refractivity contribution in [1.82, 2.24) is 5.32 Å². The molecule has 2 aromatic carbocycles. The molecular formula is C16H15N. The summed E-state index contributed by atoms with van der Waals surface area (Å²) in [4.78, 5) is 0. The molecule has 0 radical (unpaired) electrons. The van der Waals surface area contributed by atoms with Crippen LogP contribution in [-0.4, -0.2) is 6.54 Å². The molecule has 3 rings (SSSR count). The highest BCUT2D eigenvalue weighted by atomic mass is 14.9. The molecule has 2 aromatic rings. The van der Waals surface area contributed by atoms with Gasteiger partial charge >= 0.3 is 0 Å². The third-order valence-electron chi connectivity index (χ3n) is 3.18. The molecule has 0 aliphatic carbocycles. The highest BCUT2D eigenvalue weighted by molar-refractivity contribution is 5.70. The SMILES string of the molecule is C1=C(c2ccccc2)CN[C@@H]1c1ccccc1. The Hall–Kier alpha value is -1.86. The van der Waals surface area contributed by atoms with E-state index in [1.54, 1.807) is 0 Å². The molecule has 0 saturated heterocycles. The maximum absolute atomic E-state index is 3.53. The van der Waals surface area contributed by atoms with E-state index in [1.165, 1.54) is 16.7 Å². The monoisotopic (exact) mass is 221 g/mol. The van der Waals surface area contributed by atoms with E-state index in [9.17, 15) is 0 Å². The molecule has 1 aliphatic heterocycles. The quantitative estimate of drug-likeness (QED) is 0.819. The number of hydrogen-bond acceptors (Lipinski definition) is 1. The van der Waals surface area contributed by atoms with Gasteiger partial charge in [-0.3, -0.25) is 0 Å². The lowest BCUT2D eigenvalue weighted by atomic mass is 10.0. The van der Waals surface area contributed by atoms with Crippen LogP contribution in [-0.2, 0) is 0 Å². The number of nitrogens with one attached hydrogen (secondary N) is 1. The molecule has 17 heavy (non-hydrogen) atoms. The molecule has 0 unspecified atom stereocenters. The predicted octanol–water partition coefficient (Wildman–Crippen LogP) is 3.41. The van der Waals surface area contributed by atoms with E-state index < -0.39 is 0 Å². The second kappa shape index (κ2) is 4.56. The summed E-state index contributed by atoms with van der Waals surface area (Å²) in [6, 6.07) is 21.5. The maximum atomic E-state index is 3.53. The molecule has 1 nitrogen and oxygen atoms in total. The molecule has 1 atom stereocenters. The summed E-state index contributed by atoms with van der Waals surface area (Å²) in [5, 5.41) is 3.53. The first-order chi connectivity index (χ1) is 8.43. The van der Waals surface area contributed by atoms with Crippen molar-refractivity contribution >= 4 is 5.57 Å². The minimum atomic E-state index is 0.353. The van der Waals surface area contributed by atoms with Crippen molar-refractivity contribution < 1.29 is 0 Å². The normalized spacial score (nSPS) is 19.1. The molecule has 1 heterocycles. The molecule has 1 heteroatoms. The average molecular weight is 221 g/mol. The van der Waals surface area contributed by atoms with E-state index in [4.69, 9.17) is 0 Å². The molecule has 0 fully saturated rings. The summed E-state index contributed by atoms with van der Waals surface area (Å²) in [7, 11) is 0. The fourth-order valence-electron chi connectivity index (χ4n) is 2.26. The number of benzene rings is 2. The third kappa shape index (κ3) is 2.15. The lowest BCUT2D eigenvalue weighted by molar-refractivity contribution is 0.715. The van der Waals surface area contributed by atoms with Crippen molar-refractivity contribution in [2.24, 2.45) is 0 Å². The lowest BCUT2D eigenvalue weighted by Crippen LogP contribution is -2.14. The van der Waals surface area contributed by atoms with E-state index in [1.807, 2.05) is 0 Å². The van der Waals surface area contributed by atoms with Crippen molar-refractivity contribution in [1.29, 1.82) is 0 Å². The van der Waals surface area contributed by atoms with E-state index in [-0.39, 0.29) is 0 Å². The van der Waals surface area contributed by atoms with Gasteiger partial charge in [0.2, 0.25) is 0 Å². The molecule has 1 N–H and O–H groups in total. The van der Waals surface area contributed by atoms with Gasteiger partial charge in [-0.05, 0) is 16.7 Å². The van der Waals surface area contributed by atoms with Gasteiger partial charge in [-0.1, -0.05) is 66.7 Å². The van der Waals surface area contributed by atoms with Crippen LogP contribution in [0.15, 0.2) is 66.7 Å². The van der Waals surface area contributed by atoms with Crippen LogP contribution in [0.2, 0.25) is 0 Å². The largest absolute Gasteiger partial charge is 0.303 e. The molecule has 0 bridgehead atoms. The van der Waals surface area contributed by atoms with Gasteiger partial charge in [-0.15, -0.1) is 0 Å². The fourth-order valence-corrected chi connectivity index (χ4v) is 2.26. The van der Waals surface area contributed by atoms with E-state index >= 15 is 0 Å². The van der Waals surface area contributed by atoms with E-state index in [0.29, 0.717) is 6.04 Å². The van der Waals surface area contributed by atoms with Crippen molar-refractivity contribution in [2.45, 2.75) is 6.04 Å². The standard InChI is InChI=1S/C16H15N/c1-3-7-13(8-4-1)15-11-16(17-12-15)14-9-5-2-6-10-14/h1-11,16-17H,12H2/t16-/m0/s1. The highest BCUT2D eigenvalue weighted by Crippen LogP contribution is 2.26. The molecule has 1 aliphatic rings. The van der Waals surface area contributed by atoms with Crippen molar-refractivity contribution in [3.05, 3.63) is 77.9 Å². The van der Waals surface area contributed by atoms with Crippen LogP contribution in [0.4, 0.5) is 0 Å². The van der Waals surface area contributed by atoms with E-state index in [0.717, 1.165) is 6.54 Å². The Morgan fingerprint density at radius 1 is 0.824 bits per heavy atom. The Bertz CT molecular complexity index is 514. The van der Waals surface area contributed by atoms with Gasteiger partial charge < -0.3 is 5.32 Å². The van der Waals surface area contributed by atoms with E-state index in [2.05, 4.69) is 72.1 Å². The van der Waals surface area contributed by atoms with Crippen LogP contribution in [0.5, 0.6) is 0 Å². The van der Waals surface area contributed by atoms with Gasteiger partial charge in [0.25, 0.3) is 0 Å². The summed E-state index contributed by atoms with van der Waals surface area (Å²) in [5.74, 6) is 0. The molecule has 84 valence electrons. The fraction of sp³-hybridized carbons (Fsp3) is 0.125. The average Bonchev–Trinajstić information content (AvgIpc) is 2.90. The van der Waals surface area contributed by atoms with Gasteiger partial charge in [0.1, 0.15) is 0 Å². The summed E-state index contributed by atoms with van der Waals surface area (Å²) in [6.45, 7) is 0.948. The second-order valence-electron chi connectivity index (χ2n) is 4.33. The first kappa shape index (κ1) is 10.3. The van der Waals surface area contributed by atoms with Gasteiger partial charge in [-0.2, -0.15) is 0 Å². The van der Waals surface area contributed by atoms with Crippen LogP contribution in [0.3, 0.4) is 0 Å². The first-order valence-electron chi connectivity index (χ1n) is 5.98. The molecule has 0 amide bonds. The van der Waals surface area contributed by atoms with Gasteiger partial charge in [-0.25, -0.2) is 0 Å². The van der Waals surface area contributed by atoms with Crippen LogP contribution in [0.25, 0.3) is 5.57 Å². The van der Waals surface area contributed by atoms with Gasteiger partial charge in [0, 0.05) is 6.54 Å². The van der Waals surface area contributed by atoms with Crippen LogP contribution < -0.4 is 5.32 Å². The smallest absolute Gasteiger partial charge is 0.0515 e. The Morgan fingerprint density at radius 2 is 1.47 bits per heavy atom. The zero-order chi connectivity index (χ0) is 11.5. The summed E-state index contributed by atoms with van der Waals surface area (Å²) in [5.41, 5.74) is 4.04. The zero-order valence-electron chi connectivity index (χ0n) is 9.64. The Kier molecular flexibility index (Phi) is 2.76. The Balaban J connectivity index is 1.87. The molecule has 0 aromatic heterocycles. The van der Waals surface area contributed by atoms with Crippen molar-refractivity contribution in [3.63, 3.8) is 0 Å². The molecule has 0 saturated carbocycles. The summed E-state index contributed by atoms with van der Waals surface area (Å²) >= 11 is 0. The second-order valence-corrected chi connectivity index (χ2v) is 4.33. The van der Waals surface area contributed by atoms with Crippen molar-refractivity contribution in [3.8, 4) is 0 Å². The van der Waals surface area contributed by atoms with Crippen LogP contribution in [0, 0.1) is 0 Å². The van der Waals surface area contributed by atoms with Gasteiger partial charge in [0.15, 0.2) is 0 Å². The zero-order valence-corrected chi connectivity index (χ0v) is 9.64. The topological polar surface area (TPSA) is 12.0 Å². The Morgan fingerprint density at radius 3 is 2.18 bits per heavy atom.